The number of aromatic nitrogens is 2. The minimum Gasteiger partial charge on any atom is -0.342 e. The Bertz CT molecular complexity index is 1320. The van der Waals surface area contributed by atoms with Crippen LogP contribution in [0.2, 0.25) is 0 Å². The van der Waals surface area contributed by atoms with Crippen LogP contribution in [-0.4, -0.2) is 44.4 Å². The van der Waals surface area contributed by atoms with Gasteiger partial charge in [0.2, 0.25) is 11.8 Å². The smallest absolute Gasteiger partial charge is 0.257 e. The molecule has 1 saturated heterocycles. The molecule has 2 unspecified atom stereocenters. The van der Waals surface area contributed by atoms with E-state index in [0.29, 0.717) is 35.5 Å². The minimum atomic E-state index is -0.840. The summed E-state index contributed by atoms with van der Waals surface area (Å²) in [6, 6.07) is 12.5. The number of carbonyl (C=O) groups excluding carboxylic acids is 3. The normalized spacial score (nSPS) is 20.0. The lowest BCUT2D eigenvalue weighted by atomic mass is 9.98. The number of benzene rings is 2. The summed E-state index contributed by atoms with van der Waals surface area (Å²) in [5.74, 6) is -0.567. The molecule has 2 aromatic carbocycles. The van der Waals surface area contributed by atoms with Crippen molar-refractivity contribution in [2.75, 3.05) is 11.4 Å². The van der Waals surface area contributed by atoms with Gasteiger partial charge in [-0.15, -0.1) is 0 Å². The summed E-state index contributed by atoms with van der Waals surface area (Å²) in [7, 11) is 1.78. The summed E-state index contributed by atoms with van der Waals surface area (Å²) in [4.78, 5) is 46.8. The van der Waals surface area contributed by atoms with Crippen molar-refractivity contribution in [1.82, 2.24) is 19.8 Å². The van der Waals surface area contributed by atoms with Crippen molar-refractivity contribution in [2.24, 2.45) is 7.05 Å². The maximum atomic E-state index is 14.6. The average molecular weight is 476 g/mol. The molecular weight excluding hydrogens is 449 g/mol. The molecule has 3 amide bonds. The first-order valence-electron chi connectivity index (χ1n) is 11.6. The molecule has 0 aliphatic carbocycles. The van der Waals surface area contributed by atoms with E-state index < -0.39 is 17.5 Å². The van der Waals surface area contributed by atoms with Gasteiger partial charge in [-0.25, -0.2) is 9.37 Å². The van der Waals surface area contributed by atoms with Crippen LogP contribution in [0.5, 0.6) is 0 Å². The van der Waals surface area contributed by atoms with Crippen molar-refractivity contribution in [3.8, 4) is 0 Å². The van der Waals surface area contributed by atoms with Crippen LogP contribution in [0.4, 0.5) is 10.1 Å². The average Bonchev–Trinajstić information content (AvgIpc) is 3.40. The van der Waals surface area contributed by atoms with E-state index in [0.717, 1.165) is 0 Å². The van der Waals surface area contributed by atoms with Crippen molar-refractivity contribution in [2.45, 2.75) is 37.9 Å². The molecule has 0 saturated carbocycles. The van der Waals surface area contributed by atoms with Gasteiger partial charge >= 0.3 is 0 Å². The topological polar surface area (TPSA) is 87.5 Å². The second kappa shape index (κ2) is 8.65. The zero-order chi connectivity index (χ0) is 24.7. The zero-order valence-electron chi connectivity index (χ0n) is 19.6. The van der Waals surface area contributed by atoms with Crippen LogP contribution in [0.3, 0.4) is 0 Å². The number of nitrogens with zero attached hydrogens (tertiary/aromatic N) is 4. The Morgan fingerprint density at radius 3 is 2.66 bits per heavy atom. The molecular formula is C26H26FN5O3. The van der Waals surface area contributed by atoms with Crippen LogP contribution in [0, 0.1) is 5.82 Å². The number of hydrogen-bond donors (Lipinski definition) is 1. The molecule has 2 aliphatic heterocycles. The van der Waals surface area contributed by atoms with Crippen molar-refractivity contribution in [3.63, 3.8) is 0 Å². The molecule has 2 aliphatic rings. The lowest BCUT2D eigenvalue weighted by Crippen LogP contribution is -2.62. The number of hydrogen-bond acceptors (Lipinski definition) is 4. The SMILES string of the molecule is Cn1ccnc1C(NC(=O)CCN1C(=O)c2ccccc2N2C(=O)CCC12C)c1ccccc1F. The van der Waals surface area contributed by atoms with Crippen LogP contribution < -0.4 is 10.2 Å². The van der Waals surface area contributed by atoms with Crippen LogP contribution in [0.15, 0.2) is 60.9 Å². The third-order valence-corrected chi connectivity index (χ3v) is 6.95. The number of para-hydroxylation sites is 1. The van der Waals surface area contributed by atoms with Crippen molar-refractivity contribution in [1.29, 1.82) is 0 Å². The molecule has 0 spiro atoms. The first kappa shape index (κ1) is 22.8. The Balaban J connectivity index is 1.38. The number of halogens is 1. The number of imidazole rings is 1. The van der Waals surface area contributed by atoms with Crippen molar-refractivity contribution >= 4 is 23.4 Å². The van der Waals surface area contributed by atoms with E-state index in [9.17, 15) is 18.8 Å². The van der Waals surface area contributed by atoms with Gasteiger partial charge in [-0.2, -0.15) is 0 Å². The summed E-state index contributed by atoms with van der Waals surface area (Å²) >= 11 is 0. The molecule has 180 valence electrons. The predicted octanol–water partition coefficient (Wildman–Crippen LogP) is 3.15. The van der Waals surface area contributed by atoms with Crippen LogP contribution in [-0.2, 0) is 16.6 Å². The molecule has 3 heterocycles. The van der Waals surface area contributed by atoms with E-state index >= 15 is 0 Å². The maximum Gasteiger partial charge on any atom is 0.257 e. The molecule has 1 fully saturated rings. The Morgan fingerprint density at radius 2 is 1.91 bits per heavy atom. The van der Waals surface area contributed by atoms with E-state index in [1.807, 2.05) is 13.0 Å². The Morgan fingerprint density at radius 1 is 1.17 bits per heavy atom. The highest BCUT2D eigenvalue weighted by molar-refractivity contribution is 6.10. The summed E-state index contributed by atoms with van der Waals surface area (Å²) in [5, 5.41) is 2.89. The highest BCUT2D eigenvalue weighted by Crippen LogP contribution is 2.44. The highest BCUT2D eigenvalue weighted by atomic mass is 19.1. The van der Waals surface area contributed by atoms with Gasteiger partial charge in [0, 0.05) is 44.4 Å². The Kier molecular flexibility index (Phi) is 5.62. The number of nitrogens with one attached hydrogen (secondary N) is 1. The number of rotatable bonds is 6. The highest BCUT2D eigenvalue weighted by Gasteiger charge is 2.52. The van der Waals surface area contributed by atoms with E-state index in [1.54, 1.807) is 70.2 Å². The monoisotopic (exact) mass is 475 g/mol. The Labute approximate surface area is 202 Å². The zero-order valence-corrected chi connectivity index (χ0v) is 19.6. The first-order chi connectivity index (χ1) is 16.8. The summed E-state index contributed by atoms with van der Waals surface area (Å²) in [6.07, 6.45) is 4.12. The van der Waals surface area contributed by atoms with Gasteiger partial charge in [-0.1, -0.05) is 30.3 Å². The van der Waals surface area contributed by atoms with Gasteiger partial charge in [-0.3, -0.25) is 19.3 Å². The standard InChI is InChI=1S/C26H26FN5O3/c1-26-13-11-22(34)32(26)20-10-6-4-8-18(20)25(35)31(26)15-12-21(33)29-23(24-28-14-16-30(24)2)17-7-3-5-9-19(17)27/h3-10,14,16,23H,11-13,15H2,1-2H3,(H,29,33). The minimum absolute atomic E-state index is 0.0130. The number of amides is 3. The molecule has 8 nitrogen and oxygen atoms in total. The van der Waals surface area contributed by atoms with Crippen LogP contribution >= 0.6 is 0 Å². The lowest BCUT2D eigenvalue weighted by molar-refractivity contribution is -0.122. The molecule has 9 heteroatoms. The van der Waals surface area contributed by atoms with E-state index in [4.69, 9.17) is 0 Å². The largest absolute Gasteiger partial charge is 0.342 e. The fourth-order valence-electron chi connectivity index (χ4n) is 5.13. The third kappa shape index (κ3) is 3.77. The van der Waals surface area contributed by atoms with Gasteiger partial charge < -0.3 is 14.8 Å². The number of fused-ring (bicyclic) bond motifs is 3. The van der Waals surface area contributed by atoms with E-state index in [2.05, 4.69) is 10.3 Å². The summed E-state index contributed by atoms with van der Waals surface area (Å²) in [5.41, 5.74) is 0.515. The fourth-order valence-corrected chi connectivity index (χ4v) is 5.13. The molecule has 0 radical (unpaired) electrons. The quantitative estimate of drug-likeness (QED) is 0.593. The first-order valence-corrected chi connectivity index (χ1v) is 11.6. The summed E-state index contributed by atoms with van der Waals surface area (Å²) in [6.45, 7) is 1.98. The molecule has 3 aromatic rings. The van der Waals surface area contributed by atoms with Gasteiger partial charge in [-0.05, 0) is 31.5 Å². The molecule has 1 N–H and O–H groups in total. The third-order valence-electron chi connectivity index (χ3n) is 6.95. The molecule has 2 atom stereocenters. The number of anilines is 1. The number of aryl methyl sites for hydroxylation is 1. The lowest BCUT2D eigenvalue weighted by Gasteiger charge is -2.48. The van der Waals surface area contributed by atoms with Gasteiger partial charge in [0.15, 0.2) is 0 Å². The molecule has 35 heavy (non-hydrogen) atoms. The molecule has 0 bridgehead atoms. The second-order valence-corrected chi connectivity index (χ2v) is 9.09. The summed E-state index contributed by atoms with van der Waals surface area (Å²) < 4.78 is 16.4. The molecule has 5 rings (SSSR count). The van der Waals surface area contributed by atoms with E-state index in [1.165, 1.54) is 6.07 Å². The maximum absolute atomic E-state index is 14.6. The second-order valence-electron chi connectivity index (χ2n) is 9.09. The van der Waals surface area contributed by atoms with E-state index in [-0.39, 0.29) is 30.7 Å². The van der Waals surface area contributed by atoms with Gasteiger partial charge in [0.05, 0.1) is 11.3 Å². The van der Waals surface area contributed by atoms with Gasteiger partial charge in [0.25, 0.3) is 5.91 Å². The Hall–Kier alpha value is -4.01. The van der Waals surface area contributed by atoms with Crippen molar-refractivity contribution in [3.05, 3.63) is 83.7 Å². The van der Waals surface area contributed by atoms with Crippen LogP contribution in [0.25, 0.3) is 0 Å². The van der Waals surface area contributed by atoms with Gasteiger partial charge in [0.1, 0.15) is 23.3 Å². The fraction of sp³-hybridized carbons (Fsp3) is 0.308. The number of carbonyl (C=O) groups is 3. The van der Waals surface area contributed by atoms with Crippen molar-refractivity contribution < 1.29 is 18.8 Å². The molecule has 1 aromatic heterocycles. The van der Waals surface area contributed by atoms with Crippen LogP contribution in [0.1, 0.15) is 54.0 Å². The predicted molar refractivity (Wildman–Crippen MR) is 127 cm³/mol.